The Bertz CT molecular complexity index is 1310. The van der Waals surface area contributed by atoms with Crippen LogP contribution in [0.2, 0.25) is 0 Å². The number of methoxy groups -OCH3 is 1. The van der Waals surface area contributed by atoms with Crippen LogP contribution in [0.1, 0.15) is 56.3 Å². The number of fused-ring (bicyclic) bond motifs is 1. The monoisotopic (exact) mass is 555 g/mol. The number of likely N-dealkylation sites (tertiary alicyclic amines) is 1. The number of benzene rings is 1. The fraction of sp³-hybridized carbons (Fsp3) is 0.519. The molecule has 0 radical (unpaired) electrons. The standard InChI is InChI=1S/C27H33N5O4S2/c1-27(2,3)31-15-9-10-20(16(13-15)26(35)36-4)32-12-11-18(25(32)34)28-22(33)24-30-19(14-37-24)23-29-17-7-5-6-8-21(17)38-23/h5-8,14-16,18,20,31H,9-13H2,1-4H3,(H,28,33)/t15-,16-,18+,20+/m1/s1. The molecule has 1 saturated heterocycles. The summed E-state index contributed by atoms with van der Waals surface area (Å²) >= 11 is 2.77. The third kappa shape index (κ3) is 5.60. The minimum atomic E-state index is -0.638. The van der Waals surface area contributed by atoms with Gasteiger partial charge in [0.1, 0.15) is 16.7 Å². The number of hydrogen-bond acceptors (Lipinski definition) is 9. The van der Waals surface area contributed by atoms with E-state index >= 15 is 0 Å². The molecule has 3 heterocycles. The van der Waals surface area contributed by atoms with E-state index in [0.29, 0.717) is 36.5 Å². The summed E-state index contributed by atoms with van der Waals surface area (Å²) < 4.78 is 6.18. The van der Waals surface area contributed by atoms with Crippen LogP contribution in [0, 0.1) is 5.92 Å². The first-order chi connectivity index (χ1) is 18.1. The van der Waals surface area contributed by atoms with E-state index in [9.17, 15) is 14.4 Å². The first kappa shape index (κ1) is 26.7. The molecule has 1 aliphatic heterocycles. The minimum absolute atomic E-state index is 0.0697. The largest absolute Gasteiger partial charge is 0.469 e. The van der Waals surface area contributed by atoms with Crippen molar-refractivity contribution < 1.29 is 19.1 Å². The van der Waals surface area contributed by atoms with Gasteiger partial charge in [0, 0.05) is 29.5 Å². The van der Waals surface area contributed by atoms with Gasteiger partial charge in [0.15, 0.2) is 5.01 Å². The van der Waals surface area contributed by atoms with Crippen molar-refractivity contribution in [2.75, 3.05) is 13.7 Å². The maximum Gasteiger partial charge on any atom is 0.310 e. The molecular weight excluding hydrogens is 522 g/mol. The lowest BCUT2D eigenvalue weighted by Gasteiger charge is -2.41. The third-order valence-electron chi connectivity index (χ3n) is 7.11. The molecular formula is C27H33N5O4S2. The van der Waals surface area contributed by atoms with Crippen LogP contribution < -0.4 is 10.6 Å². The van der Waals surface area contributed by atoms with Gasteiger partial charge in [-0.25, -0.2) is 9.97 Å². The molecule has 0 bridgehead atoms. The Hall–Kier alpha value is -2.89. The van der Waals surface area contributed by atoms with Crippen LogP contribution >= 0.6 is 22.7 Å². The van der Waals surface area contributed by atoms with E-state index in [0.717, 1.165) is 21.6 Å². The molecule has 202 valence electrons. The zero-order chi connectivity index (χ0) is 27.0. The number of para-hydroxylation sites is 1. The summed E-state index contributed by atoms with van der Waals surface area (Å²) in [6.07, 6.45) is 2.68. The highest BCUT2D eigenvalue weighted by Gasteiger charge is 2.45. The molecule has 2 aliphatic rings. The Labute approximate surface area is 230 Å². The zero-order valence-electron chi connectivity index (χ0n) is 22.0. The molecule has 2 N–H and O–H groups in total. The minimum Gasteiger partial charge on any atom is -0.469 e. The van der Waals surface area contributed by atoms with Crippen molar-refractivity contribution in [3.05, 3.63) is 34.7 Å². The molecule has 0 spiro atoms. The molecule has 1 aliphatic carbocycles. The summed E-state index contributed by atoms with van der Waals surface area (Å²) in [5.41, 5.74) is 1.48. The lowest BCUT2D eigenvalue weighted by atomic mass is 9.80. The van der Waals surface area contributed by atoms with Crippen molar-refractivity contribution in [2.45, 2.75) is 70.1 Å². The predicted molar refractivity (Wildman–Crippen MR) is 148 cm³/mol. The van der Waals surface area contributed by atoms with E-state index in [-0.39, 0.29) is 35.4 Å². The van der Waals surface area contributed by atoms with Crippen LogP contribution in [0.3, 0.4) is 0 Å². The highest BCUT2D eigenvalue weighted by molar-refractivity contribution is 7.22. The van der Waals surface area contributed by atoms with Gasteiger partial charge in [-0.3, -0.25) is 14.4 Å². The second-order valence-corrected chi connectivity index (χ2v) is 12.9. The predicted octanol–water partition coefficient (Wildman–Crippen LogP) is 3.85. The quantitative estimate of drug-likeness (QED) is 0.444. The fourth-order valence-corrected chi connectivity index (χ4v) is 7.22. The highest BCUT2D eigenvalue weighted by atomic mass is 32.1. The summed E-state index contributed by atoms with van der Waals surface area (Å²) in [5, 5.41) is 9.34. The first-order valence-corrected chi connectivity index (χ1v) is 14.6. The van der Waals surface area contributed by atoms with E-state index in [1.165, 1.54) is 29.8 Å². The van der Waals surface area contributed by atoms with Gasteiger partial charge in [-0.1, -0.05) is 12.1 Å². The van der Waals surface area contributed by atoms with Crippen LogP contribution in [-0.4, -0.2) is 70.0 Å². The third-order valence-corrected chi connectivity index (χ3v) is 9.01. The van der Waals surface area contributed by atoms with Gasteiger partial charge < -0.3 is 20.3 Å². The first-order valence-electron chi connectivity index (χ1n) is 12.9. The molecule has 2 amide bonds. The molecule has 1 aromatic carbocycles. The topological polar surface area (TPSA) is 114 Å². The van der Waals surface area contributed by atoms with E-state index < -0.39 is 12.0 Å². The fourth-order valence-electron chi connectivity index (χ4n) is 5.52. The van der Waals surface area contributed by atoms with Crippen molar-refractivity contribution in [1.82, 2.24) is 25.5 Å². The molecule has 3 aromatic rings. The zero-order valence-corrected chi connectivity index (χ0v) is 23.7. The van der Waals surface area contributed by atoms with Gasteiger partial charge >= 0.3 is 5.97 Å². The van der Waals surface area contributed by atoms with Gasteiger partial charge in [0.25, 0.3) is 5.91 Å². The molecule has 5 rings (SSSR count). The van der Waals surface area contributed by atoms with E-state index in [4.69, 9.17) is 4.74 Å². The van der Waals surface area contributed by atoms with E-state index in [2.05, 4.69) is 41.4 Å². The number of aromatic nitrogens is 2. The number of nitrogens with one attached hydrogen (secondary N) is 2. The molecule has 0 unspecified atom stereocenters. The second-order valence-electron chi connectivity index (χ2n) is 11.0. The number of ether oxygens (including phenoxy) is 1. The summed E-state index contributed by atoms with van der Waals surface area (Å²) in [5.74, 6) is -1.21. The Kier molecular flexibility index (Phi) is 7.52. The summed E-state index contributed by atoms with van der Waals surface area (Å²) in [6, 6.07) is 7.17. The molecule has 11 heteroatoms. The second kappa shape index (κ2) is 10.7. The van der Waals surface area contributed by atoms with Crippen molar-refractivity contribution >= 4 is 50.7 Å². The van der Waals surface area contributed by atoms with Crippen LogP contribution in [0.4, 0.5) is 0 Å². The Morgan fingerprint density at radius 2 is 1.92 bits per heavy atom. The Morgan fingerprint density at radius 1 is 1.13 bits per heavy atom. The number of amides is 2. The van der Waals surface area contributed by atoms with Crippen molar-refractivity contribution in [1.29, 1.82) is 0 Å². The molecule has 2 fully saturated rings. The van der Waals surface area contributed by atoms with E-state index in [1.54, 1.807) is 4.90 Å². The van der Waals surface area contributed by atoms with Crippen LogP contribution in [-0.2, 0) is 14.3 Å². The number of carbonyl (C=O) groups excluding carboxylic acids is 3. The Morgan fingerprint density at radius 3 is 2.66 bits per heavy atom. The molecule has 9 nitrogen and oxygen atoms in total. The number of hydrogen-bond donors (Lipinski definition) is 2. The van der Waals surface area contributed by atoms with Gasteiger partial charge in [0.2, 0.25) is 5.91 Å². The maximum absolute atomic E-state index is 13.4. The number of thiazole rings is 2. The highest BCUT2D eigenvalue weighted by Crippen LogP contribution is 2.34. The molecule has 1 saturated carbocycles. The molecule has 38 heavy (non-hydrogen) atoms. The van der Waals surface area contributed by atoms with Gasteiger partial charge in [0.05, 0.1) is 23.2 Å². The number of carbonyl (C=O) groups is 3. The van der Waals surface area contributed by atoms with Crippen LogP contribution in [0.25, 0.3) is 20.9 Å². The van der Waals surface area contributed by atoms with Gasteiger partial charge in [-0.2, -0.15) is 0 Å². The summed E-state index contributed by atoms with van der Waals surface area (Å²) in [6.45, 7) is 6.81. The summed E-state index contributed by atoms with van der Waals surface area (Å²) in [4.78, 5) is 50.0. The lowest BCUT2D eigenvalue weighted by molar-refractivity contribution is -0.151. The van der Waals surface area contributed by atoms with Crippen molar-refractivity contribution in [3.8, 4) is 10.7 Å². The van der Waals surface area contributed by atoms with Crippen LogP contribution in [0.5, 0.6) is 0 Å². The maximum atomic E-state index is 13.4. The number of nitrogens with zero attached hydrogens (tertiary/aromatic N) is 3. The molecule has 2 aromatic heterocycles. The van der Waals surface area contributed by atoms with Crippen LogP contribution in [0.15, 0.2) is 29.6 Å². The van der Waals surface area contributed by atoms with Gasteiger partial charge in [-0.05, 0) is 58.6 Å². The normalized spacial score (nSPS) is 24.1. The van der Waals surface area contributed by atoms with Crippen molar-refractivity contribution in [2.24, 2.45) is 5.92 Å². The summed E-state index contributed by atoms with van der Waals surface area (Å²) in [7, 11) is 1.39. The Balaban J connectivity index is 1.24. The van der Waals surface area contributed by atoms with E-state index in [1.807, 2.05) is 29.6 Å². The lowest BCUT2D eigenvalue weighted by Crippen LogP contribution is -2.55. The van der Waals surface area contributed by atoms with Gasteiger partial charge in [-0.15, -0.1) is 22.7 Å². The average molecular weight is 556 g/mol. The average Bonchev–Trinajstić information content (AvgIpc) is 3.61. The number of esters is 1. The van der Waals surface area contributed by atoms with Crippen molar-refractivity contribution in [3.63, 3.8) is 0 Å². The smallest absolute Gasteiger partial charge is 0.310 e. The SMILES string of the molecule is COC(=O)[C@@H]1C[C@H](NC(C)(C)C)CC[C@@H]1N1CC[C@H](NC(=O)c2nc(-c3nc4ccccc4s3)cs2)C1=O. The number of rotatable bonds is 6. The molecule has 4 atom stereocenters.